The SMILES string of the molecule is CSCC[C@H](NNC(=O)c1ccc(C=O)cc1-c1ccccc1)C(=O)O. The molecule has 7 heteroatoms. The van der Waals surface area contributed by atoms with Gasteiger partial charge in [0.25, 0.3) is 5.91 Å². The van der Waals surface area contributed by atoms with E-state index in [1.807, 2.05) is 36.6 Å². The third kappa shape index (κ3) is 5.18. The smallest absolute Gasteiger partial charge is 0.322 e. The minimum Gasteiger partial charge on any atom is -0.480 e. The molecule has 1 atom stereocenters. The first-order valence-corrected chi connectivity index (χ1v) is 9.38. The lowest BCUT2D eigenvalue weighted by molar-refractivity contribution is -0.139. The standard InChI is InChI=1S/C19H20N2O4S/c1-26-10-9-17(19(24)25)20-21-18(23)15-8-7-13(12-22)11-16(15)14-5-3-2-4-6-14/h2-8,11-12,17,20H,9-10H2,1H3,(H,21,23)(H,24,25)/t17-/m0/s1. The summed E-state index contributed by atoms with van der Waals surface area (Å²) in [6, 6.07) is 13.1. The van der Waals surface area contributed by atoms with Crippen molar-refractivity contribution in [2.45, 2.75) is 12.5 Å². The highest BCUT2D eigenvalue weighted by Crippen LogP contribution is 2.24. The number of carbonyl (C=O) groups excluding carboxylic acids is 2. The number of nitrogens with one attached hydrogen (secondary N) is 2. The monoisotopic (exact) mass is 372 g/mol. The molecule has 0 aliphatic rings. The van der Waals surface area contributed by atoms with Gasteiger partial charge >= 0.3 is 5.97 Å². The minimum absolute atomic E-state index is 0.350. The van der Waals surface area contributed by atoms with E-state index >= 15 is 0 Å². The van der Waals surface area contributed by atoms with E-state index in [9.17, 15) is 19.5 Å². The van der Waals surface area contributed by atoms with Crippen LogP contribution in [0.1, 0.15) is 27.1 Å². The molecule has 0 saturated heterocycles. The first kappa shape index (κ1) is 19.7. The molecular weight excluding hydrogens is 352 g/mol. The molecule has 0 heterocycles. The van der Waals surface area contributed by atoms with Crippen LogP contribution in [0.15, 0.2) is 48.5 Å². The summed E-state index contributed by atoms with van der Waals surface area (Å²) in [5, 5.41) is 9.22. The molecule has 0 aliphatic heterocycles. The van der Waals surface area contributed by atoms with Crippen LogP contribution in [0.5, 0.6) is 0 Å². The fourth-order valence-electron chi connectivity index (χ4n) is 2.40. The van der Waals surface area contributed by atoms with Crippen molar-refractivity contribution in [2.24, 2.45) is 0 Å². The maximum Gasteiger partial charge on any atom is 0.322 e. The Labute approximate surface area is 156 Å². The molecule has 2 aromatic carbocycles. The first-order valence-electron chi connectivity index (χ1n) is 7.99. The maximum absolute atomic E-state index is 12.6. The summed E-state index contributed by atoms with van der Waals surface area (Å²) in [5.41, 5.74) is 7.25. The van der Waals surface area contributed by atoms with Gasteiger partial charge in [-0.3, -0.25) is 19.8 Å². The number of aldehydes is 1. The van der Waals surface area contributed by atoms with Gasteiger partial charge < -0.3 is 5.11 Å². The predicted molar refractivity (Wildman–Crippen MR) is 102 cm³/mol. The van der Waals surface area contributed by atoms with E-state index in [1.165, 1.54) is 11.8 Å². The number of hydrogen-bond donors (Lipinski definition) is 3. The summed E-state index contributed by atoms with van der Waals surface area (Å²) in [4.78, 5) is 34.9. The number of carboxylic acids is 1. The number of rotatable bonds is 9. The van der Waals surface area contributed by atoms with Gasteiger partial charge in [0.05, 0.1) is 0 Å². The zero-order valence-corrected chi connectivity index (χ0v) is 15.1. The lowest BCUT2D eigenvalue weighted by Gasteiger charge is -2.16. The molecule has 136 valence electrons. The first-order chi connectivity index (χ1) is 12.6. The van der Waals surface area contributed by atoms with Gasteiger partial charge in [-0.1, -0.05) is 36.4 Å². The van der Waals surface area contributed by atoms with Gasteiger partial charge in [-0.05, 0) is 41.7 Å². The van der Waals surface area contributed by atoms with Crippen LogP contribution in [0.3, 0.4) is 0 Å². The van der Waals surface area contributed by atoms with Crippen molar-refractivity contribution in [3.05, 3.63) is 59.7 Å². The molecular formula is C19H20N2O4S. The number of benzene rings is 2. The summed E-state index contributed by atoms with van der Waals surface area (Å²) in [6.45, 7) is 0. The number of carbonyl (C=O) groups is 3. The summed E-state index contributed by atoms with van der Waals surface area (Å²) in [7, 11) is 0. The van der Waals surface area contributed by atoms with Gasteiger partial charge in [0, 0.05) is 11.1 Å². The molecule has 0 aliphatic carbocycles. The Hall–Kier alpha value is -2.64. The molecule has 6 nitrogen and oxygen atoms in total. The number of carboxylic acid groups (broad SMARTS) is 1. The largest absolute Gasteiger partial charge is 0.480 e. The molecule has 0 radical (unpaired) electrons. The van der Waals surface area contributed by atoms with Crippen LogP contribution < -0.4 is 10.9 Å². The van der Waals surface area contributed by atoms with Gasteiger partial charge in [-0.25, -0.2) is 5.43 Å². The van der Waals surface area contributed by atoms with Gasteiger partial charge in [-0.15, -0.1) is 0 Å². The highest BCUT2D eigenvalue weighted by atomic mass is 32.2. The normalized spacial score (nSPS) is 11.6. The third-order valence-corrected chi connectivity index (χ3v) is 4.42. The summed E-state index contributed by atoms with van der Waals surface area (Å²) < 4.78 is 0. The highest BCUT2D eigenvalue weighted by molar-refractivity contribution is 7.98. The number of hydrazine groups is 1. The van der Waals surface area contributed by atoms with Crippen LogP contribution in [-0.2, 0) is 4.79 Å². The second kappa shape index (κ2) is 9.74. The van der Waals surface area contributed by atoms with Gasteiger partial charge in [-0.2, -0.15) is 11.8 Å². The minimum atomic E-state index is -1.03. The lowest BCUT2D eigenvalue weighted by atomic mass is 9.97. The summed E-state index contributed by atoms with van der Waals surface area (Å²) in [5.74, 6) is -0.834. The summed E-state index contributed by atoms with van der Waals surface area (Å²) >= 11 is 1.53. The van der Waals surface area contributed by atoms with Crippen LogP contribution in [0.4, 0.5) is 0 Å². The van der Waals surface area contributed by atoms with Crippen molar-refractivity contribution >= 4 is 29.9 Å². The molecule has 1 amide bonds. The van der Waals surface area contributed by atoms with Crippen LogP contribution in [0, 0.1) is 0 Å². The molecule has 0 aromatic heterocycles. The molecule has 0 spiro atoms. The van der Waals surface area contributed by atoms with Crippen molar-refractivity contribution in [3.8, 4) is 11.1 Å². The van der Waals surface area contributed by atoms with E-state index in [0.29, 0.717) is 28.9 Å². The quantitative estimate of drug-likeness (QED) is 0.463. The van der Waals surface area contributed by atoms with E-state index in [1.54, 1.807) is 18.2 Å². The van der Waals surface area contributed by atoms with Crippen LogP contribution in [0.2, 0.25) is 0 Å². The zero-order valence-electron chi connectivity index (χ0n) is 14.3. The van der Waals surface area contributed by atoms with Crippen LogP contribution >= 0.6 is 11.8 Å². The van der Waals surface area contributed by atoms with Crippen molar-refractivity contribution < 1.29 is 19.5 Å². The fourth-order valence-corrected chi connectivity index (χ4v) is 2.87. The van der Waals surface area contributed by atoms with Crippen LogP contribution in [-0.4, -0.2) is 41.3 Å². The number of thioether (sulfide) groups is 1. The second-order valence-corrected chi connectivity index (χ2v) is 6.55. The fraction of sp³-hybridized carbons (Fsp3) is 0.211. The topological polar surface area (TPSA) is 95.5 Å². The highest BCUT2D eigenvalue weighted by Gasteiger charge is 2.19. The van der Waals surface area contributed by atoms with Crippen molar-refractivity contribution in [1.82, 2.24) is 10.9 Å². The summed E-state index contributed by atoms with van der Waals surface area (Å²) in [6.07, 6.45) is 2.99. The average Bonchev–Trinajstić information content (AvgIpc) is 2.67. The van der Waals surface area contributed by atoms with Gasteiger partial charge in [0.2, 0.25) is 0 Å². The Balaban J connectivity index is 2.23. The third-order valence-electron chi connectivity index (χ3n) is 3.78. The molecule has 0 bridgehead atoms. The van der Waals surface area contributed by atoms with Crippen molar-refractivity contribution in [3.63, 3.8) is 0 Å². The number of hydrogen-bond acceptors (Lipinski definition) is 5. The Morgan fingerprint density at radius 3 is 2.54 bits per heavy atom. The molecule has 0 saturated carbocycles. The Morgan fingerprint density at radius 1 is 1.19 bits per heavy atom. The predicted octanol–water partition coefficient (Wildman–Crippen LogP) is 2.61. The van der Waals surface area contributed by atoms with Crippen molar-refractivity contribution in [2.75, 3.05) is 12.0 Å². The number of amides is 1. The van der Waals surface area contributed by atoms with Crippen molar-refractivity contribution in [1.29, 1.82) is 0 Å². The lowest BCUT2D eigenvalue weighted by Crippen LogP contribution is -2.48. The zero-order chi connectivity index (χ0) is 18.9. The second-order valence-electron chi connectivity index (χ2n) is 5.56. The van der Waals surface area contributed by atoms with E-state index in [2.05, 4.69) is 10.9 Å². The average molecular weight is 372 g/mol. The Bertz CT molecular complexity index is 780. The van der Waals surface area contributed by atoms with E-state index in [4.69, 9.17) is 0 Å². The van der Waals surface area contributed by atoms with E-state index < -0.39 is 17.9 Å². The Morgan fingerprint density at radius 2 is 1.92 bits per heavy atom. The maximum atomic E-state index is 12.6. The van der Waals surface area contributed by atoms with Crippen LogP contribution in [0.25, 0.3) is 11.1 Å². The van der Waals surface area contributed by atoms with Gasteiger partial charge in [0.15, 0.2) is 0 Å². The Kier molecular flexibility index (Phi) is 7.37. The molecule has 0 unspecified atom stereocenters. The molecule has 3 N–H and O–H groups in total. The van der Waals surface area contributed by atoms with E-state index in [0.717, 1.165) is 11.8 Å². The number of aliphatic carboxylic acids is 1. The molecule has 26 heavy (non-hydrogen) atoms. The molecule has 2 rings (SSSR count). The van der Waals surface area contributed by atoms with Gasteiger partial charge in [0.1, 0.15) is 12.3 Å². The van der Waals surface area contributed by atoms with E-state index in [-0.39, 0.29) is 0 Å². The molecule has 2 aromatic rings. The molecule has 0 fully saturated rings.